The number of nitrogens with one attached hydrogen (secondary N) is 1. The average molecular weight is 223 g/mol. The molecule has 0 aliphatic carbocycles. The van der Waals surface area contributed by atoms with E-state index < -0.39 is 0 Å². The molecule has 0 spiro atoms. The van der Waals surface area contributed by atoms with Gasteiger partial charge in [0.15, 0.2) is 5.16 Å². The largest absolute Gasteiger partial charge is 0.254 e. The third-order valence-electron chi connectivity index (χ3n) is 2.02. The molecule has 3 nitrogen and oxygen atoms in total. The number of thioether (sulfide) groups is 1. The maximum Gasteiger partial charge on any atom is 0.183 e. The molecule has 1 aromatic heterocycles. The van der Waals surface area contributed by atoms with E-state index >= 15 is 0 Å². The Kier molecular flexibility index (Phi) is 3.01. The second-order valence-electron chi connectivity index (χ2n) is 3.10. The topological polar surface area (TPSA) is 41.6 Å². The van der Waals surface area contributed by atoms with E-state index in [1.54, 1.807) is 23.9 Å². The van der Waals surface area contributed by atoms with Crippen molar-refractivity contribution in [1.82, 2.24) is 15.2 Å². The van der Waals surface area contributed by atoms with Gasteiger partial charge < -0.3 is 0 Å². The molecule has 1 atom stereocenters. The van der Waals surface area contributed by atoms with Crippen molar-refractivity contribution < 1.29 is 4.39 Å². The second kappa shape index (κ2) is 4.44. The summed E-state index contributed by atoms with van der Waals surface area (Å²) in [6.07, 6.45) is 1.47. The Labute approximate surface area is 91.1 Å². The Bertz CT molecular complexity index is 413. The molecule has 1 heterocycles. The molecule has 78 valence electrons. The highest BCUT2D eigenvalue weighted by Crippen LogP contribution is 2.32. The van der Waals surface area contributed by atoms with Crippen LogP contribution in [0.25, 0.3) is 0 Å². The molecule has 0 saturated heterocycles. The number of nitrogens with zero attached hydrogens (tertiary/aromatic N) is 2. The zero-order valence-corrected chi connectivity index (χ0v) is 8.96. The lowest BCUT2D eigenvalue weighted by Crippen LogP contribution is -1.89. The third kappa shape index (κ3) is 2.56. The molecule has 0 saturated carbocycles. The van der Waals surface area contributed by atoms with Crippen molar-refractivity contribution >= 4 is 11.8 Å². The van der Waals surface area contributed by atoms with Crippen LogP contribution in [0.2, 0.25) is 0 Å². The van der Waals surface area contributed by atoms with Crippen LogP contribution in [-0.2, 0) is 0 Å². The molecule has 5 heteroatoms. The van der Waals surface area contributed by atoms with Crippen LogP contribution in [0.4, 0.5) is 4.39 Å². The van der Waals surface area contributed by atoms with Crippen LogP contribution in [0.15, 0.2) is 35.7 Å². The fraction of sp³-hybridized carbons (Fsp3) is 0.200. The summed E-state index contributed by atoms with van der Waals surface area (Å²) in [6, 6.07) is 6.49. The van der Waals surface area contributed by atoms with Crippen LogP contribution in [0.1, 0.15) is 17.7 Å². The van der Waals surface area contributed by atoms with Crippen LogP contribution in [-0.4, -0.2) is 15.2 Å². The van der Waals surface area contributed by atoms with Crippen molar-refractivity contribution in [2.24, 2.45) is 0 Å². The van der Waals surface area contributed by atoms with Gasteiger partial charge in [0.1, 0.15) is 12.1 Å². The number of benzene rings is 1. The number of hydrogen-bond donors (Lipinski definition) is 1. The molecule has 1 N–H and O–H groups in total. The van der Waals surface area contributed by atoms with Crippen molar-refractivity contribution in [3.05, 3.63) is 42.0 Å². The molecule has 15 heavy (non-hydrogen) atoms. The van der Waals surface area contributed by atoms with Crippen LogP contribution in [0, 0.1) is 5.82 Å². The number of rotatable bonds is 3. The Balaban J connectivity index is 2.08. The second-order valence-corrected chi connectivity index (χ2v) is 4.43. The minimum absolute atomic E-state index is 0.212. The zero-order chi connectivity index (χ0) is 10.7. The molecule has 0 aliphatic rings. The van der Waals surface area contributed by atoms with Crippen molar-refractivity contribution in [3.63, 3.8) is 0 Å². The highest BCUT2D eigenvalue weighted by molar-refractivity contribution is 7.99. The number of H-pyrrole nitrogens is 1. The standard InChI is InChI=1S/C10H10FN3S/c1-7(15-10-12-6-13-14-10)8-2-4-9(11)5-3-8/h2-7H,1H3,(H,12,13,14). The van der Waals surface area contributed by atoms with Gasteiger partial charge in [0, 0.05) is 5.25 Å². The number of aromatic nitrogens is 3. The first-order chi connectivity index (χ1) is 7.25. The molecule has 0 radical (unpaired) electrons. The van der Waals surface area contributed by atoms with E-state index in [0.29, 0.717) is 0 Å². The van der Waals surface area contributed by atoms with E-state index in [9.17, 15) is 4.39 Å². The Morgan fingerprint density at radius 1 is 1.33 bits per heavy atom. The Hall–Kier alpha value is -1.36. The lowest BCUT2D eigenvalue weighted by molar-refractivity contribution is 0.627. The normalized spacial score (nSPS) is 12.7. The maximum atomic E-state index is 12.7. The first kappa shape index (κ1) is 10.2. The number of halogens is 1. The monoisotopic (exact) mass is 223 g/mol. The van der Waals surface area contributed by atoms with Gasteiger partial charge in [-0.25, -0.2) is 9.37 Å². The number of aromatic amines is 1. The summed E-state index contributed by atoms with van der Waals surface area (Å²) < 4.78 is 12.7. The lowest BCUT2D eigenvalue weighted by atomic mass is 10.2. The molecular formula is C10H10FN3S. The molecule has 2 aromatic rings. The van der Waals surface area contributed by atoms with Gasteiger partial charge in [-0.1, -0.05) is 23.9 Å². The van der Waals surface area contributed by atoms with Gasteiger partial charge in [0.25, 0.3) is 0 Å². The van der Waals surface area contributed by atoms with E-state index in [0.717, 1.165) is 10.7 Å². The SMILES string of the molecule is CC(Sc1ncn[nH]1)c1ccc(F)cc1. The predicted molar refractivity (Wildman–Crippen MR) is 57.1 cm³/mol. The summed E-state index contributed by atoms with van der Waals surface area (Å²) in [6.45, 7) is 2.04. The average Bonchev–Trinajstić information content (AvgIpc) is 2.71. The maximum absolute atomic E-state index is 12.7. The van der Waals surface area contributed by atoms with Gasteiger partial charge in [-0.15, -0.1) is 0 Å². The van der Waals surface area contributed by atoms with Gasteiger partial charge in [0.05, 0.1) is 0 Å². The quantitative estimate of drug-likeness (QED) is 0.813. The summed E-state index contributed by atoms with van der Waals surface area (Å²) in [7, 11) is 0. The van der Waals surface area contributed by atoms with E-state index in [1.165, 1.54) is 18.5 Å². The summed E-state index contributed by atoms with van der Waals surface area (Å²) in [5, 5.41) is 7.53. The molecule has 2 rings (SSSR count). The molecule has 1 unspecified atom stereocenters. The Morgan fingerprint density at radius 3 is 2.67 bits per heavy atom. The third-order valence-corrected chi connectivity index (χ3v) is 3.07. The fourth-order valence-corrected chi connectivity index (χ4v) is 2.06. The van der Waals surface area contributed by atoms with Crippen LogP contribution in [0.3, 0.4) is 0 Å². The minimum atomic E-state index is -0.212. The van der Waals surface area contributed by atoms with E-state index in [1.807, 2.05) is 6.92 Å². The minimum Gasteiger partial charge on any atom is -0.254 e. The first-order valence-electron chi connectivity index (χ1n) is 4.53. The summed E-state index contributed by atoms with van der Waals surface area (Å²) in [5.41, 5.74) is 1.07. The lowest BCUT2D eigenvalue weighted by Gasteiger charge is -2.08. The van der Waals surface area contributed by atoms with Crippen LogP contribution < -0.4 is 0 Å². The van der Waals surface area contributed by atoms with E-state index in [4.69, 9.17) is 0 Å². The van der Waals surface area contributed by atoms with Gasteiger partial charge in [0.2, 0.25) is 0 Å². The van der Waals surface area contributed by atoms with E-state index in [2.05, 4.69) is 15.2 Å². The van der Waals surface area contributed by atoms with E-state index in [-0.39, 0.29) is 11.1 Å². The summed E-state index contributed by atoms with van der Waals surface area (Å²) in [4.78, 5) is 4.02. The van der Waals surface area contributed by atoms with Gasteiger partial charge in [-0.3, -0.25) is 5.10 Å². The smallest absolute Gasteiger partial charge is 0.183 e. The van der Waals surface area contributed by atoms with Crippen molar-refractivity contribution in [2.45, 2.75) is 17.3 Å². The van der Waals surface area contributed by atoms with Crippen molar-refractivity contribution in [2.75, 3.05) is 0 Å². The number of hydrogen-bond acceptors (Lipinski definition) is 3. The molecule has 0 fully saturated rings. The molecule has 0 aliphatic heterocycles. The highest BCUT2D eigenvalue weighted by Gasteiger charge is 2.08. The van der Waals surface area contributed by atoms with Gasteiger partial charge in [-0.05, 0) is 24.6 Å². The predicted octanol–water partition coefficient (Wildman–Crippen LogP) is 2.80. The fourth-order valence-electron chi connectivity index (χ4n) is 1.22. The van der Waals surface area contributed by atoms with Crippen molar-refractivity contribution in [3.8, 4) is 0 Å². The summed E-state index contributed by atoms with van der Waals surface area (Å²) >= 11 is 1.56. The summed E-state index contributed by atoms with van der Waals surface area (Å²) in [5.74, 6) is -0.212. The first-order valence-corrected chi connectivity index (χ1v) is 5.41. The zero-order valence-electron chi connectivity index (χ0n) is 8.14. The molecule has 0 amide bonds. The van der Waals surface area contributed by atoms with Crippen LogP contribution >= 0.6 is 11.8 Å². The highest BCUT2D eigenvalue weighted by atomic mass is 32.2. The Morgan fingerprint density at radius 2 is 2.07 bits per heavy atom. The van der Waals surface area contributed by atoms with Gasteiger partial charge >= 0.3 is 0 Å². The van der Waals surface area contributed by atoms with Crippen LogP contribution in [0.5, 0.6) is 0 Å². The molecular weight excluding hydrogens is 213 g/mol. The molecule has 0 bridgehead atoms. The van der Waals surface area contributed by atoms with Gasteiger partial charge in [-0.2, -0.15) is 5.10 Å². The molecule has 1 aromatic carbocycles. The van der Waals surface area contributed by atoms with Crippen molar-refractivity contribution in [1.29, 1.82) is 0 Å².